The molecule has 0 bridgehead atoms. The highest BCUT2D eigenvalue weighted by molar-refractivity contribution is 6.00. The van der Waals surface area contributed by atoms with Crippen LogP contribution in [0.3, 0.4) is 0 Å². The number of nitrogens with zero attached hydrogens (tertiary/aromatic N) is 1. The maximum Gasteiger partial charge on any atom is 0.418 e. The molecule has 0 radical (unpaired) electrons. The number of Topliss-reactive ketones (excluding diaryl/α,β-unsaturated/α-hetero) is 1. The molecule has 1 aliphatic heterocycles. The lowest BCUT2D eigenvalue weighted by atomic mass is 9.91. The van der Waals surface area contributed by atoms with Crippen molar-refractivity contribution in [3.63, 3.8) is 0 Å². The number of halogens is 4. The third-order valence-corrected chi connectivity index (χ3v) is 5.30. The zero-order valence-electron chi connectivity index (χ0n) is 17.8. The lowest BCUT2D eigenvalue weighted by Gasteiger charge is -2.38. The second-order valence-corrected chi connectivity index (χ2v) is 7.66. The van der Waals surface area contributed by atoms with Gasteiger partial charge in [0, 0.05) is 22.4 Å². The van der Waals surface area contributed by atoms with Crippen LogP contribution >= 0.6 is 0 Å². The predicted octanol–water partition coefficient (Wildman–Crippen LogP) is 2.40. The molecule has 3 rings (SSSR count). The van der Waals surface area contributed by atoms with E-state index >= 15 is 0 Å². The van der Waals surface area contributed by atoms with Gasteiger partial charge in [-0.25, -0.2) is 4.39 Å². The van der Waals surface area contributed by atoms with Crippen molar-refractivity contribution >= 4 is 23.3 Å². The van der Waals surface area contributed by atoms with Crippen LogP contribution in [0.1, 0.15) is 31.8 Å². The molecular weight excluding hydrogens is 456 g/mol. The van der Waals surface area contributed by atoms with Crippen molar-refractivity contribution in [2.45, 2.75) is 19.1 Å². The Morgan fingerprint density at radius 1 is 1.00 bits per heavy atom. The summed E-state index contributed by atoms with van der Waals surface area (Å²) in [6.07, 6.45) is -4.32. The quantitative estimate of drug-likeness (QED) is 0.435. The highest BCUT2D eigenvalue weighted by Crippen LogP contribution is 2.41. The first-order valence-corrected chi connectivity index (χ1v) is 9.85. The Morgan fingerprint density at radius 2 is 1.59 bits per heavy atom. The maximum atomic E-state index is 14.1. The summed E-state index contributed by atoms with van der Waals surface area (Å²) in [4.78, 5) is 37.5. The van der Waals surface area contributed by atoms with E-state index in [-0.39, 0.29) is 22.3 Å². The van der Waals surface area contributed by atoms with E-state index < -0.39 is 59.1 Å². The minimum Gasteiger partial charge on any atom is -0.400 e. The lowest BCUT2D eigenvalue weighted by Crippen LogP contribution is -2.51. The molecule has 11 heteroatoms. The van der Waals surface area contributed by atoms with Crippen LogP contribution in [0.25, 0.3) is 5.70 Å². The molecule has 7 nitrogen and oxygen atoms in total. The Bertz CT molecular complexity index is 1230. The predicted molar refractivity (Wildman–Crippen MR) is 115 cm³/mol. The number of rotatable bonds is 6. The fourth-order valence-electron chi connectivity index (χ4n) is 3.75. The standard InChI is InChI=1S/C23H20F4N4O3/c1-11-8-13(21(29)33)4-7-15(11)19-16(23(25,26)27)9-17(28)20(22(30)34)31(19)10-18(32)12-2-5-14(24)6-3-12/h2-9,20H,10,28H2,1H3,(H2,29,33)(H2,30,34). The van der Waals surface area contributed by atoms with Crippen molar-refractivity contribution in [1.82, 2.24) is 4.90 Å². The molecule has 178 valence electrons. The number of carbonyl (C=O) groups is 3. The van der Waals surface area contributed by atoms with Crippen molar-refractivity contribution < 1.29 is 31.9 Å². The van der Waals surface area contributed by atoms with Gasteiger partial charge in [-0.2, -0.15) is 13.2 Å². The first-order chi connectivity index (χ1) is 15.8. The minimum absolute atomic E-state index is 0.00597. The maximum absolute atomic E-state index is 14.1. The first kappa shape index (κ1) is 24.5. The fourth-order valence-corrected chi connectivity index (χ4v) is 3.75. The number of alkyl halides is 3. The molecule has 1 unspecified atom stereocenters. The van der Waals surface area contributed by atoms with E-state index in [2.05, 4.69) is 0 Å². The molecule has 1 heterocycles. The number of hydrogen-bond donors (Lipinski definition) is 3. The largest absolute Gasteiger partial charge is 0.418 e. The zero-order valence-corrected chi connectivity index (χ0v) is 17.8. The van der Waals surface area contributed by atoms with Gasteiger partial charge in [0.05, 0.1) is 17.8 Å². The molecule has 2 amide bonds. The Hall–Kier alpha value is -4.15. The Labute approximate surface area is 191 Å². The summed E-state index contributed by atoms with van der Waals surface area (Å²) in [5, 5.41) is 0. The highest BCUT2D eigenvalue weighted by Gasteiger charge is 2.44. The van der Waals surface area contributed by atoms with Crippen LogP contribution in [-0.2, 0) is 4.79 Å². The summed E-state index contributed by atoms with van der Waals surface area (Å²) in [7, 11) is 0. The van der Waals surface area contributed by atoms with Gasteiger partial charge in [0.25, 0.3) is 0 Å². The number of benzene rings is 2. The fraction of sp³-hybridized carbons (Fsp3) is 0.174. The van der Waals surface area contributed by atoms with Gasteiger partial charge in [-0.3, -0.25) is 14.4 Å². The summed E-state index contributed by atoms with van der Waals surface area (Å²) in [5.74, 6) is -3.18. The third-order valence-electron chi connectivity index (χ3n) is 5.30. The number of primary amides is 2. The number of hydrogen-bond acceptors (Lipinski definition) is 5. The van der Waals surface area contributed by atoms with Crippen LogP contribution in [-0.4, -0.2) is 41.3 Å². The smallest absolute Gasteiger partial charge is 0.400 e. The van der Waals surface area contributed by atoms with E-state index in [1.807, 2.05) is 0 Å². The van der Waals surface area contributed by atoms with Gasteiger partial charge in [0.15, 0.2) is 5.78 Å². The van der Waals surface area contributed by atoms with Crippen molar-refractivity contribution in [1.29, 1.82) is 0 Å². The van der Waals surface area contributed by atoms with Crippen LogP contribution < -0.4 is 17.2 Å². The van der Waals surface area contributed by atoms with Crippen LogP contribution in [0.15, 0.2) is 59.8 Å². The summed E-state index contributed by atoms with van der Waals surface area (Å²) >= 11 is 0. The second-order valence-electron chi connectivity index (χ2n) is 7.66. The Balaban J connectivity index is 2.24. The van der Waals surface area contributed by atoms with Gasteiger partial charge in [0.2, 0.25) is 11.8 Å². The molecule has 0 aromatic heterocycles. The number of ketones is 1. The van der Waals surface area contributed by atoms with Crippen LogP contribution in [0, 0.1) is 12.7 Å². The number of amides is 2. The Morgan fingerprint density at radius 3 is 2.09 bits per heavy atom. The van der Waals surface area contributed by atoms with E-state index in [0.717, 1.165) is 17.0 Å². The van der Waals surface area contributed by atoms with Crippen molar-refractivity contribution in [3.05, 3.63) is 87.9 Å². The van der Waals surface area contributed by atoms with E-state index in [4.69, 9.17) is 17.2 Å². The molecule has 2 aromatic carbocycles. The van der Waals surface area contributed by atoms with E-state index in [1.165, 1.54) is 37.3 Å². The summed E-state index contributed by atoms with van der Waals surface area (Å²) < 4.78 is 55.5. The molecule has 0 spiro atoms. The van der Waals surface area contributed by atoms with Gasteiger partial charge < -0.3 is 22.1 Å². The SMILES string of the molecule is Cc1cc(C(N)=O)ccc1C1=C(C(F)(F)F)C=C(N)C(C(N)=O)N1CC(=O)c1ccc(F)cc1. The van der Waals surface area contributed by atoms with E-state index in [1.54, 1.807) is 0 Å². The third kappa shape index (κ3) is 4.77. The number of aryl methyl sites for hydroxylation is 1. The molecule has 1 atom stereocenters. The molecule has 0 saturated heterocycles. The molecular formula is C23H20F4N4O3. The van der Waals surface area contributed by atoms with Crippen LogP contribution in [0.5, 0.6) is 0 Å². The van der Waals surface area contributed by atoms with Gasteiger partial charge in [-0.1, -0.05) is 6.07 Å². The summed E-state index contributed by atoms with van der Waals surface area (Å²) in [5.41, 5.74) is 14.6. The highest BCUT2D eigenvalue weighted by atomic mass is 19.4. The Kier molecular flexibility index (Phi) is 6.49. The monoisotopic (exact) mass is 476 g/mol. The topological polar surface area (TPSA) is 133 Å². The summed E-state index contributed by atoms with van der Waals surface area (Å²) in [6.45, 7) is 0.726. The van der Waals surface area contributed by atoms with Gasteiger partial charge in [-0.05, 0) is 55.0 Å². The number of nitrogens with two attached hydrogens (primary N) is 3. The normalized spacial score (nSPS) is 16.3. The van der Waals surface area contributed by atoms with E-state index in [9.17, 15) is 31.9 Å². The van der Waals surface area contributed by atoms with Crippen LogP contribution in [0.4, 0.5) is 17.6 Å². The number of carbonyl (C=O) groups excluding carboxylic acids is 3. The average Bonchev–Trinajstić information content (AvgIpc) is 2.73. The van der Waals surface area contributed by atoms with Gasteiger partial charge >= 0.3 is 6.18 Å². The van der Waals surface area contributed by atoms with Gasteiger partial charge in [-0.15, -0.1) is 0 Å². The van der Waals surface area contributed by atoms with E-state index in [0.29, 0.717) is 6.08 Å². The van der Waals surface area contributed by atoms with Gasteiger partial charge in [0.1, 0.15) is 11.9 Å². The molecule has 1 aliphatic rings. The second kappa shape index (κ2) is 9.00. The number of allylic oxidation sites excluding steroid dienone is 2. The van der Waals surface area contributed by atoms with Crippen molar-refractivity contribution in [3.8, 4) is 0 Å². The lowest BCUT2D eigenvalue weighted by molar-refractivity contribution is -0.121. The average molecular weight is 476 g/mol. The molecule has 0 saturated carbocycles. The summed E-state index contributed by atoms with van der Waals surface area (Å²) in [6, 6.07) is 6.57. The van der Waals surface area contributed by atoms with Crippen molar-refractivity contribution in [2.75, 3.05) is 6.54 Å². The first-order valence-electron chi connectivity index (χ1n) is 9.85. The molecule has 2 aromatic rings. The zero-order chi connectivity index (χ0) is 25.4. The molecule has 0 aliphatic carbocycles. The van der Waals surface area contributed by atoms with Crippen LogP contribution in [0.2, 0.25) is 0 Å². The molecule has 0 fully saturated rings. The molecule has 6 N–H and O–H groups in total. The minimum atomic E-state index is -4.92. The molecule has 34 heavy (non-hydrogen) atoms. The van der Waals surface area contributed by atoms with Crippen molar-refractivity contribution in [2.24, 2.45) is 17.2 Å².